The molecule has 122 valence electrons. The number of rotatable bonds is 5. The van der Waals surface area contributed by atoms with Crippen molar-refractivity contribution < 1.29 is 4.74 Å². The molecule has 1 atom stereocenters. The van der Waals surface area contributed by atoms with E-state index < -0.39 is 0 Å². The maximum atomic E-state index is 5.56. The van der Waals surface area contributed by atoms with Crippen LogP contribution in [0.3, 0.4) is 0 Å². The summed E-state index contributed by atoms with van der Waals surface area (Å²) >= 11 is 0. The fourth-order valence-electron chi connectivity index (χ4n) is 4.30. The topological polar surface area (TPSA) is 24.5 Å². The highest BCUT2D eigenvalue weighted by Crippen LogP contribution is 2.38. The third-order valence-electron chi connectivity index (χ3n) is 5.61. The van der Waals surface area contributed by atoms with E-state index in [0.717, 1.165) is 32.8 Å². The van der Waals surface area contributed by atoms with Gasteiger partial charge in [-0.3, -0.25) is 4.90 Å². The summed E-state index contributed by atoms with van der Waals surface area (Å²) in [5, 5.41) is 3.82. The van der Waals surface area contributed by atoms with E-state index in [0.29, 0.717) is 11.6 Å². The number of hydrogen-bond acceptors (Lipinski definition) is 3. The number of hydrogen-bond donors (Lipinski definition) is 1. The Morgan fingerprint density at radius 1 is 1.23 bits per heavy atom. The van der Waals surface area contributed by atoms with Crippen LogP contribution in [-0.4, -0.2) is 42.8 Å². The Bertz CT molecular complexity index is 476. The van der Waals surface area contributed by atoms with Gasteiger partial charge in [0.05, 0.1) is 13.2 Å². The van der Waals surface area contributed by atoms with Gasteiger partial charge in [-0.15, -0.1) is 0 Å². The zero-order chi connectivity index (χ0) is 15.4. The van der Waals surface area contributed by atoms with Crippen molar-refractivity contribution in [1.29, 1.82) is 0 Å². The van der Waals surface area contributed by atoms with Crippen molar-refractivity contribution in [1.82, 2.24) is 10.2 Å². The molecular weight excluding hydrogens is 272 g/mol. The van der Waals surface area contributed by atoms with Gasteiger partial charge in [0, 0.05) is 31.2 Å². The molecule has 0 aromatic heterocycles. The molecule has 0 radical (unpaired) electrons. The Hall–Kier alpha value is -0.900. The van der Waals surface area contributed by atoms with Crippen LogP contribution in [0.5, 0.6) is 0 Å². The number of nitrogens with zero attached hydrogens (tertiary/aromatic N) is 1. The maximum absolute atomic E-state index is 5.56. The summed E-state index contributed by atoms with van der Waals surface area (Å²) in [7, 11) is 0. The second-order valence-corrected chi connectivity index (χ2v) is 7.00. The molecule has 1 saturated heterocycles. The Morgan fingerprint density at radius 2 is 1.95 bits per heavy atom. The summed E-state index contributed by atoms with van der Waals surface area (Å²) < 4.78 is 5.56. The SMILES string of the molecule is Cc1cccc(CN[C@@H](C)C2(N3CCOCC3)CCCC2)c1. The Morgan fingerprint density at radius 3 is 2.64 bits per heavy atom. The summed E-state index contributed by atoms with van der Waals surface area (Å²) in [5.41, 5.74) is 3.07. The third kappa shape index (κ3) is 3.37. The quantitative estimate of drug-likeness (QED) is 0.904. The first-order valence-electron chi connectivity index (χ1n) is 8.82. The van der Waals surface area contributed by atoms with Crippen LogP contribution in [0.4, 0.5) is 0 Å². The van der Waals surface area contributed by atoms with Crippen LogP contribution in [-0.2, 0) is 11.3 Å². The van der Waals surface area contributed by atoms with Crippen LogP contribution in [0.15, 0.2) is 24.3 Å². The van der Waals surface area contributed by atoms with E-state index in [9.17, 15) is 0 Å². The normalized spacial score (nSPS) is 23.5. The molecule has 0 unspecified atom stereocenters. The van der Waals surface area contributed by atoms with Gasteiger partial charge in [-0.05, 0) is 32.3 Å². The first-order chi connectivity index (χ1) is 10.7. The van der Waals surface area contributed by atoms with Crippen LogP contribution in [0.2, 0.25) is 0 Å². The third-order valence-corrected chi connectivity index (χ3v) is 5.61. The van der Waals surface area contributed by atoms with E-state index in [1.165, 1.54) is 36.8 Å². The molecule has 2 aliphatic rings. The van der Waals surface area contributed by atoms with E-state index in [1.807, 2.05) is 0 Å². The number of ether oxygens (including phenoxy) is 1. The smallest absolute Gasteiger partial charge is 0.0594 e. The predicted octanol–water partition coefficient (Wildman–Crippen LogP) is 3.12. The highest BCUT2D eigenvalue weighted by Gasteiger charge is 2.44. The molecule has 1 aliphatic heterocycles. The lowest BCUT2D eigenvalue weighted by Gasteiger charge is -2.47. The van der Waals surface area contributed by atoms with Crippen molar-refractivity contribution in [3.05, 3.63) is 35.4 Å². The zero-order valence-corrected chi connectivity index (χ0v) is 14.1. The van der Waals surface area contributed by atoms with Crippen molar-refractivity contribution in [2.24, 2.45) is 0 Å². The Kier molecular flexibility index (Phi) is 5.17. The molecule has 2 fully saturated rings. The summed E-state index contributed by atoms with van der Waals surface area (Å²) in [6, 6.07) is 9.36. The number of benzene rings is 1. The second-order valence-electron chi connectivity index (χ2n) is 7.00. The van der Waals surface area contributed by atoms with Crippen molar-refractivity contribution in [3.63, 3.8) is 0 Å². The van der Waals surface area contributed by atoms with Gasteiger partial charge in [-0.1, -0.05) is 42.7 Å². The van der Waals surface area contributed by atoms with Crippen molar-refractivity contribution in [2.75, 3.05) is 26.3 Å². The molecule has 0 amide bonds. The average molecular weight is 302 g/mol. The molecule has 1 heterocycles. The van der Waals surface area contributed by atoms with Gasteiger partial charge in [0.15, 0.2) is 0 Å². The highest BCUT2D eigenvalue weighted by atomic mass is 16.5. The molecule has 1 aromatic rings. The van der Waals surface area contributed by atoms with E-state index in [1.54, 1.807) is 0 Å². The van der Waals surface area contributed by atoms with Crippen LogP contribution in [0, 0.1) is 6.92 Å². The largest absolute Gasteiger partial charge is 0.379 e. The molecule has 22 heavy (non-hydrogen) atoms. The van der Waals surface area contributed by atoms with Crippen molar-refractivity contribution in [3.8, 4) is 0 Å². The maximum Gasteiger partial charge on any atom is 0.0594 e. The fraction of sp³-hybridized carbons (Fsp3) is 0.684. The van der Waals surface area contributed by atoms with E-state index in [-0.39, 0.29) is 0 Å². The van der Waals surface area contributed by atoms with Gasteiger partial charge in [-0.25, -0.2) is 0 Å². The van der Waals surface area contributed by atoms with Crippen LogP contribution >= 0.6 is 0 Å². The van der Waals surface area contributed by atoms with Crippen LogP contribution < -0.4 is 5.32 Å². The summed E-state index contributed by atoms with van der Waals surface area (Å²) in [6.07, 6.45) is 5.39. The van der Waals surface area contributed by atoms with Crippen LogP contribution in [0.1, 0.15) is 43.7 Å². The van der Waals surface area contributed by atoms with Crippen molar-refractivity contribution >= 4 is 0 Å². The fourth-order valence-corrected chi connectivity index (χ4v) is 4.30. The first-order valence-corrected chi connectivity index (χ1v) is 8.82. The number of aryl methyl sites for hydroxylation is 1. The van der Waals surface area contributed by atoms with Gasteiger partial charge in [0.1, 0.15) is 0 Å². The second kappa shape index (κ2) is 7.12. The molecule has 3 nitrogen and oxygen atoms in total. The lowest BCUT2D eigenvalue weighted by Crippen LogP contribution is -2.61. The molecule has 1 N–H and O–H groups in total. The Balaban J connectivity index is 1.66. The minimum Gasteiger partial charge on any atom is -0.379 e. The highest BCUT2D eigenvalue weighted by molar-refractivity contribution is 5.22. The standard InChI is InChI=1S/C19H30N2O/c1-16-6-5-7-18(14-16)15-20-17(2)19(8-3-4-9-19)21-10-12-22-13-11-21/h5-7,14,17,20H,3-4,8-13,15H2,1-2H3/t17-/m0/s1. The molecule has 3 rings (SSSR count). The zero-order valence-electron chi connectivity index (χ0n) is 14.1. The number of nitrogens with one attached hydrogen (secondary N) is 1. The molecule has 1 aliphatic carbocycles. The number of morpholine rings is 1. The minimum absolute atomic E-state index is 0.341. The molecule has 1 aromatic carbocycles. The lowest BCUT2D eigenvalue weighted by atomic mass is 9.86. The lowest BCUT2D eigenvalue weighted by molar-refractivity contribution is -0.0334. The molecule has 3 heteroatoms. The van der Waals surface area contributed by atoms with Gasteiger partial charge >= 0.3 is 0 Å². The van der Waals surface area contributed by atoms with Crippen LogP contribution in [0.25, 0.3) is 0 Å². The van der Waals surface area contributed by atoms with Gasteiger partial charge in [0.25, 0.3) is 0 Å². The van der Waals surface area contributed by atoms with E-state index in [4.69, 9.17) is 4.74 Å². The van der Waals surface area contributed by atoms with Gasteiger partial charge in [0.2, 0.25) is 0 Å². The van der Waals surface area contributed by atoms with Crippen molar-refractivity contribution in [2.45, 2.75) is 57.7 Å². The van der Waals surface area contributed by atoms with Gasteiger partial charge < -0.3 is 10.1 Å². The predicted molar refractivity (Wildman–Crippen MR) is 91.1 cm³/mol. The monoisotopic (exact) mass is 302 g/mol. The first kappa shape index (κ1) is 16.0. The average Bonchev–Trinajstić information content (AvgIpc) is 3.04. The molecule has 0 bridgehead atoms. The van der Waals surface area contributed by atoms with Gasteiger partial charge in [-0.2, -0.15) is 0 Å². The molecule has 1 saturated carbocycles. The summed E-state index contributed by atoms with van der Waals surface area (Å²) in [5.74, 6) is 0. The summed E-state index contributed by atoms with van der Waals surface area (Å²) in [4.78, 5) is 2.71. The summed E-state index contributed by atoms with van der Waals surface area (Å²) in [6.45, 7) is 9.50. The Labute approximate surface area is 135 Å². The molecule has 0 spiro atoms. The van der Waals surface area contributed by atoms with E-state index in [2.05, 4.69) is 48.3 Å². The van der Waals surface area contributed by atoms with E-state index >= 15 is 0 Å². The minimum atomic E-state index is 0.341. The molecular formula is C19H30N2O.